The third-order valence-corrected chi connectivity index (χ3v) is 0. The van der Waals surface area contributed by atoms with Crippen molar-refractivity contribution in [1.29, 1.82) is 0 Å². The number of rotatable bonds is 0. The molecular weight excluding hydrogens is 107 g/mol. The molecule has 5 heteroatoms. The summed E-state index contributed by atoms with van der Waals surface area (Å²) in [5.41, 5.74) is 0. The number of hydrogen-bond acceptors (Lipinski definition) is 2. The fraction of sp³-hybridized carbons (Fsp3) is 0. The molecule has 4 nitrogen and oxygen atoms in total. The molecule has 0 aliphatic heterocycles. The Kier molecular flexibility index (Phi) is 13.5. The minimum atomic E-state index is -2.87. The van der Waals surface area contributed by atoms with Gasteiger partial charge in [-0.1, -0.05) is 0 Å². The maximum Gasteiger partial charge on any atom is 0.692 e. The van der Waals surface area contributed by atoms with Gasteiger partial charge >= 0.3 is 8.25 Å². The summed E-state index contributed by atoms with van der Waals surface area (Å²) in [6.07, 6.45) is 0. The van der Waals surface area contributed by atoms with Crippen molar-refractivity contribution >= 4 is 15.0 Å². The third-order valence-electron chi connectivity index (χ3n) is 0. The second-order valence-electron chi connectivity index (χ2n) is 0.253. The molecule has 0 unspecified atom stereocenters. The first-order chi connectivity index (χ1) is 2.73. The molecule has 2 N–H and O–H groups in total. The lowest BCUT2D eigenvalue weighted by atomic mass is 11.9. The predicted octanol–water partition coefficient (Wildman–Crippen LogP) is -0.556. The van der Waals surface area contributed by atoms with Crippen molar-refractivity contribution in [2.75, 3.05) is 0 Å². The highest BCUT2D eigenvalue weighted by Gasteiger charge is 1.93. The molecule has 0 saturated carbocycles. The van der Waals surface area contributed by atoms with Gasteiger partial charge in [0, 0.05) is 4.57 Å². The minimum absolute atomic E-state index is 2.00. The molecule has 0 saturated heterocycles. The summed E-state index contributed by atoms with van der Waals surface area (Å²) in [5, 5.41) is 0. The molecule has 0 spiro atoms. The maximum absolute atomic E-state index is 8.70. The Morgan fingerprint density at radius 1 is 1.33 bits per heavy atom. The summed E-state index contributed by atoms with van der Waals surface area (Å²) in [4.78, 5) is 22.2. The average molecular weight is 111 g/mol. The lowest BCUT2D eigenvalue weighted by Crippen LogP contribution is -1.38. The Balaban J connectivity index is 0. The Morgan fingerprint density at radius 2 is 1.33 bits per heavy atom. The van der Waals surface area contributed by atoms with Gasteiger partial charge in [-0.15, -0.1) is 9.79 Å². The number of carbonyl (C=O) groups excluding carboxylic acids is 1. The van der Waals surface area contributed by atoms with Crippen LogP contribution in [0.3, 0.4) is 0 Å². The summed E-state index contributed by atoms with van der Waals surface area (Å²) in [6, 6.07) is 0. The molecular formula is CH4O4P+. The van der Waals surface area contributed by atoms with Crippen molar-refractivity contribution < 1.29 is 19.1 Å². The first kappa shape index (κ1) is 9.19. The van der Waals surface area contributed by atoms with Crippen LogP contribution in [-0.2, 0) is 9.36 Å². The van der Waals surface area contributed by atoms with Crippen LogP contribution in [0.1, 0.15) is 0 Å². The average Bonchev–Trinajstić information content (AvgIpc) is 1.41. The zero-order valence-electron chi connectivity index (χ0n) is 2.87. The molecule has 6 heavy (non-hydrogen) atoms. The summed E-state index contributed by atoms with van der Waals surface area (Å²) in [6.45, 7) is 2.00. The molecule has 0 bridgehead atoms. The van der Waals surface area contributed by atoms with Gasteiger partial charge in [0.2, 0.25) is 0 Å². The fourth-order valence-electron chi connectivity index (χ4n) is 0. The molecule has 0 aliphatic carbocycles. The molecule has 0 radical (unpaired) electrons. The van der Waals surface area contributed by atoms with Crippen LogP contribution in [-0.4, -0.2) is 16.6 Å². The summed E-state index contributed by atoms with van der Waals surface area (Å²) < 4.78 is 8.70. The van der Waals surface area contributed by atoms with Crippen LogP contribution in [0.25, 0.3) is 0 Å². The molecule has 0 amide bonds. The number of carbonyl (C=O) groups is 1. The van der Waals surface area contributed by atoms with Gasteiger partial charge in [-0.05, 0) is 0 Å². The fourth-order valence-corrected chi connectivity index (χ4v) is 0. The topological polar surface area (TPSA) is 74.6 Å². The van der Waals surface area contributed by atoms with Crippen LogP contribution in [0.4, 0.5) is 0 Å². The van der Waals surface area contributed by atoms with Gasteiger partial charge in [-0.3, -0.25) is 0 Å². The SMILES string of the molecule is C=O.O=[P+](O)O. The van der Waals surface area contributed by atoms with Gasteiger partial charge in [0.15, 0.2) is 0 Å². The Morgan fingerprint density at radius 3 is 1.33 bits per heavy atom. The van der Waals surface area contributed by atoms with E-state index in [0.29, 0.717) is 0 Å². The van der Waals surface area contributed by atoms with Crippen molar-refractivity contribution in [1.82, 2.24) is 0 Å². The Bertz CT molecular complexity index is 38.8. The zero-order valence-corrected chi connectivity index (χ0v) is 3.76. The smallest absolute Gasteiger partial charge is 0.307 e. The van der Waals surface area contributed by atoms with E-state index in [4.69, 9.17) is 19.1 Å². The van der Waals surface area contributed by atoms with Gasteiger partial charge < -0.3 is 4.79 Å². The van der Waals surface area contributed by atoms with E-state index in [0.717, 1.165) is 0 Å². The van der Waals surface area contributed by atoms with Gasteiger partial charge in [-0.25, -0.2) is 0 Å². The molecule has 36 valence electrons. The summed E-state index contributed by atoms with van der Waals surface area (Å²) in [5.74, 6) is 0. The highest BCUT2D eigenvalue weighted by atomic mass is 31.1. The van der Waals surface area contributed by atoms with E-state index in [2.05, 4.69) is 0 Å². The predicted molar refractivity (Wildman–Crippen MR) is 19.2 cm³/mol. The van der Waals surface area contributed by atoms with Crippen molar-refractivity contribution in [3.8, 4) is 0 Å². The largest absolute Gasteiger partial charge is 0.692 e. The summed E-state index contributed by atoms with van der Waals surface area (Å²) in [7, 11) is -2.87. The van der Waals surface area contributed by atoms with Crippen LogP contribution in [0.15, 0.2) is 0 Å². The lowest BCUT2D eigenvalue weighted by Gasteiger charge is -1.34. The molecule has 0 aromatic heterocycles. The quantitative estimate of drug-likeness (QED) is 0.411. The van der Waals surface area contributed by atoms with E-state index in [1.54, 1.807) is 0 Å². The second-order valence-corrected chi connectivity index (χ2v) is 0.758. The molecule has 0 aliphatic rings. The lowest BCUT2D eigenvalue weighted by molar-refractivity contribution is -0.0979. The molecule has 0 fully saturated rings. The highest BCUT2D eigenvalue weighted by molar-refractivity contribution is 7.30. The van der Waals surface area contributed by atoms with E-state index in [1.807, 2.05) is 6.79 Å². The van der Waals surface area contributed by atoms with Crippen LogP contribution in [0.5, 0.6) is 0 Å². The van der Waals surface area contributed by atoms with Gasteiger partial charge in [0.05, 0.1) is 0 Å². The third kappa shape index (κ3) is 278. The van der Waals surface area contributed by atoms with Crippen LogP contribution in [0, 0.1) is 0 Å². The van der Waals surface area contributed by atoms with E-state index in [-0.39, 0.29) is 0 Å². The van der Waals surface area contributed by atoms with E-state index < -0.39 is 8.25 Å². The van der Waals surface area contributed by atoms with Gasteiger partial charge in [0.25, 0.3) is 0 Å². The monoisotopic (exact) mass is 111 g/mol. The van der Waals surface area contributed by atoms with Crippen LogP contribution in [0.2, 0.25) is 0 Å². The zero-order chi connectivity index (χ0) is 5.58. The van der Waals surface area contributed by atoms with E-state index in [9.17, 15) is 0 Å². The molecule has 0 atom stereocenters. The van der Waals surface area contributed by atoms with Crippen molar-refractivity contribution in [2.45, 2.75) is 0 Å². The van der Waals surface area contributed by atoms with Gasteiger partial charge in [0.1, 0.15) is 6.79 Å². The van der Waals surface area contributed by atoms with Crippen LogP contribution >= 0.6 is 8.25 Å². The standard InChI is InChI=1S/CH2O.HO3P/c1-2;1-4(2)3/h1H2;(H-,1,2,3)/p+1. The van der Waals surface area contributed by atoms with E-state index >= 15 is 0 Å². The van der Waals surface area contributed by atoms with Crippen LogP contribution < -0.4 is 0 Å². The van der Waals surface area contributed by atoms with E-state index in [1.165, 1.54) is 0 Å². The molecule has 0 heterocycles. The highest BCUT2D eigenvalue weighted by Crippen LogP contribution is 1.98. The Labute approximate surface area is 35.4 Å². The Hall–Kier alpha value is -0.310. The first-order valence-corrected chi connectivity index (χ1v) is 2.04. The van der Waals surface area contributed by atoms with Crippen molar-refractivity contribution in [3.63, 3.8) is 0 Å². The molecule has 0 aromatic rings. The first-order valence-electron chi connectivity index (χ1n) is 0.871. The second kappa shape index (κ2) is 8.83. The van der Waals surface area contributed by atoms with Crippen molar-refractivity contribution in [3.05, 3.63) is 0 Å². The maximum atomic E-state index is 8.70. The summed E-state index contributed by atoms with van der Waals surface area (Å²) >= 11 is 0. The van der Waals surface area contributed by atoms with Gasteiger partial charge in [-0.2, -0.15) is 0 Å². The molecule has 0 aromatic carbocycles. The van der Waals surface area contributed by atoms with Crippen molar-refractivity contribution in [2.24, 2.45) is 0 Å². The normalized spacial score (nSPS) is 5.00. The number of hydrogen-bond donors (Lipinski definition) is 2. The minimum Gasteiger partial charge on any atom is -0.307 e. The molecule has 0 rings (SSSR count).